The zero-order chi connectivity index (χ0) is 17.2. The Morgan fingerprint density at radius 2 is 1.96 bits per heavy atom. The number of carbonyl (C=O) groups excluding carboxylic acids is 1. The summed E-state index contributed by atoms with van der Waals surface area (Å²) in [4.78, 5) is 18.3. The van der Waals surface area contributed by atoms with Crippen LogP contribution < -0.4 is 16.4 Å². The van der Waals surface area contributed by atoms with Gasteiger partial charge in [0.2, 0.25) is 0 Å². The number of ether oxygens (including phenoxy) is 1. The van der Waals surface area contributed by atoms with Crippen molar-refractivity contribution in [3.63, 3.8) is 0 Å². The quantitative estimate of drug-likeness (QED) is 0.422. The average molecular weight is 446 g/mol. The maximum Gasteiger partial charge on any atom is 0.415 e. The van der Waals surface area contributed by atoms with Crippen LogP contribution in [-0.4, -0.2) is 23.7 Å². The van der Waals surface area contributed by atoms with Gasteiger partial charge in [-0.1, -0.05) is 12.1 Å². The number of aryl methyl sites for hydroxylation is 1. The fourth-order valence-corrected chi connectivity index (χ4v) is 2.36. The molecule has 4 N–H and O–H groups in total. The third-order valence-corrected chi connectivity index (χ3v) is 3.47. The van der Waals surface area contributed by atoms with Gasteiger partial charge in [-0.15, -0.1) is 24.0 Å². The van der Waals surface area contributed by atoms with Gasteiger partial charge in [0.1, 0.15) is 5.60 Å². The van der Waals surface area contributed by atoms with Crippen molar-refractivity contribution in [2.45, 2.75) is 58.7 Å². The van der Waals surface area contributed by atoms with Crippen LogP contribution in [0, 0.1) is 6.92 Å². The molecule has 1 aliphatic carbocycles. The van der Waals surface area contributed by atoms with Crippen LogP contribution in [0.3, 0.4) is 0 Å². The fraction of sp³-hybridized carbons (Fsp3) is 0.529. The molecule has 0 heterocycles. The van der Waals surface area contributed by atoms with E-state index in [-0.39, 0.29) is 42.1 Å². The number of nitrogens with two attached hydrogens (primary N) is 2. The van der Waals surface area contributed by atoms with Crippen LogP contribution in [0.4, 0.5) is 10.5 Å². The van der Waals surface area contributed by atoms with Gasteiger partial charge in [0, 0.05) is 6.04 Å². The maximum atomic E-state index is 12.5. The zero-order valence-corrected chi connectivity index (χ0v) is 17.0. The smallest absolute Gasteiger partial charge is 0.415 e. The molecule has 0 bridgehead atoms. The lowest BCUT2D eigenvalue weighted by Gasteiger charge is -2.28. The summed E-state index contributed by atoms with van der Waals surface area (Å²) in [5.41, 5.74) is 13.1. The lowest BCUT2D eigenvalue weighted by atomic mass is 10.1. The Labute approximate surface area is 160 Å². The molecule has 0 radical (unpaired) electrons. The molecule has 7 heteroatoms. The number of rotatable bonds is 4. The number of amides is 1. The second kappa shape index (κ2) is 8.04. The first kappa shape index (κ1) is 20.5. The summed E-state index contributed by atoms with van der Waals surface area (Å²) in [7, 11) is 0. The molecule has 1 aliphatic rings. The van der Waals surface area contributed by atoms with Crippen LogP contribution in [0.2, 0.25) is 0 Å². The molecule has 1 aromatic carbocycles. The van der Waals surface area contributed by atoms with Gasteiger partial charge in [0.25, 0.3) is 0 Å². The summed E-state index contributed by atoms with van der Waals surface area (Å²) in [6, 6.07) is 6.11. The number of hydrogen-bond acceptors (Lipinski definition) is 3. The van der Waals surface area contributed by atoms with E-state index in [1.165, 1.54) is 0 Å². The Bertz CT molecular complexity index is 618. The summed E-state index contributed by atoms with van der Waals surface area (Å²) in [5.74, 6) is 0.0695. The Morgan fingerprint density at radius 1 is 1.33 bits per heavy atom. The molecule has 0 atom stereocenters. The van der Waals surface area contributed by atoms with Gasteiger partial charge in [-0.05, 0) is 57.7 Å². The fourth-order valence-electron chi connectivity index (χ4n) is 2.36. The summed E-state index contributed by atoms with van der Waals surface area (Å²) in [5, 5.41) is 0. The molecular formula is C17H27IN4O2. The largest absolute Gasteiger partial charge is 0.443 e. The van der Waals surface area contributed by atoms with E-state index in [9.17, 15) is 4.79 Å². The van der Waals surface area contributed by atoms with Gasteiger partial charge < -0.3 is 16.2 Å². The minimum Gasteiger partial charge on any atom is -0.443 e. The van der Waals surface area contributed by atoms with Gasteiger partial charge in [-0.2, -0.15) is 0 Å². The number of benzene rings is 1. The standard InChI is InChI=1S/C17H26N4O2.HI/c1-11-9-12(10-20-15(18)19)5-8-14(11)21(13-6-7-13)16(22)23-17(2,3)4;/h5,8-9,13H,6-7,10H2,1-4H3,(H4,18,19,20);1H. The SMILES string of the molecule is Cc1cc(CN=C(N)N)ccc1N(C(=O)OC(C)(C)C)C1CC1.I. The van der Waals surface area contributed by atoms with Crippen LogP contribution >= 0.6 is 24.0 Å². The minimum absolute atomic E-state index is 0. The van der Waals surface area contributed by atoms with Crippen LogP contribution in [0.15, 0.2) is 23.2 Å². The molecule has 1 amide bonds. The van der Waals surface area contributed by atoms with Gasteiger partial charge in [-0.25, -0.2) is 9.79 Å². The zero-order valence-electron chi connectivity index (χ0n) is 14.7. The molecule has 1 fully saturated rings. The summed E-state index contributed by atoms with van der Waals surface area (Å²) >= 11 is 0. The Hall–Kier alpha value is -1.51. The molecular weight excluding hydrogens is 419 g/mol. The maximum absolute atomic E-state index is 12.5. The second-order valence-electron chi connectivity index (χ2n) is 6.94. The molecule has 0 aromatic heterocycles. The number of carbonyl (C=O) groups is 1. The second-order valence-corrected chi connectivity index (χ2v) is 6.94. The number of nitrogens with zero attached hydrogens (tertiary/aromatic N) is 2. The highest BCUT2D eigenvalue weighted by Crippen LogP contribution is 2.35. The van der Waals surface area contributed by atoms with E-state index in [2.05, 4.69) is 4.99 Å². The van der Waals surface area contributed by atoms with Crippen molar-refractivity contribution in [1.82, 2.24) is 0 Å². The summed E-state index contributed by atoms with van der Waals surface area (Å²) in [6.45, 7) is 8.04. The number of aliphatic imine (C=N–C) groups is 1. The van der Waals surface area contributed by atoms with Crippen molar-refractivity contribution >= 4 is 41.7 Å². The Balaban J connectivity index is 0.00000288. The summed E-state index contributed by atoms with van der Waals surface area (Å²) in [6.07, 6.45) is 1.73. The predicted octanol–water partition coefficient (Wildman–Crippen LogP) is 3.29. The molecule has 1 saturated carbocycles. The molecule has 0 saturated heterocycles. The van der Waals surface area contributed by atoms with E-state index < -0.39 is 5.60 Å². The highest BCUT2D eigenvalue weighted by molar-refractivity contribution is 14.0. The lowest BCUT2D eigenvalue weighted by Crippen LogP contribution is -2.38. The topological polar surface area (TPSA) is 93.9 Å². The average Bonchev–Trinajstić information content (AvgIpc) is 3.21. The molecule has 6 nitrogen and oxygen atoms in total. The Morgan fingerprint density at radius 3 is 2.42 bits per heavy atom. The van der Waals surface area contributed by atoms with Gasteiger partial charge in [0.05, 0.1) is 12.2 Å². The molecule has 2 rings (SSSR count). The van der Waals surface area contributed by atoms with Crippen LogP contribution in [0.1, 0.15) is 44.7 Å². The van der Waals surface area contributed by atoms with Crippen LogP contribution in [0.25, 0.3) is 0 Å². The van der Waals surface area contributed by atoms with Crippen LogP contribution in [-0.2, 0) is 11.3 Å². The van der Waals surface area contributed by atoms with Crippen molar-refractivity contribution in [3.8, 4) is 0 Å². The number of hydrogen-bond donors (Lipinski definition) is 2. The first-order valence-electron chi connectivity index (χ1n) is 7.84. The molecule has 24 heavy (non-hydrogen) atoms. The van der Waals surface area contributed by atoms with Gasteiger partial charge in [-0.3, -0.25) is 4.90 Å². The van der Waals surface area contributed by atoms with Crippen LogP contribution in [0.5, 0.6) is 0 Å². The van der Waals surface area contributed by atoms with Crippen molar-refractivity contribution < 1.29 is 9.53 Å². The molecule has 0 unspecified atom stereocenters. The summed E-state index contributed by atoms with van der Waals surface area (Å²) < 4.78 is 5.55. The molecule has 0 aliphatic heterocycles. The van der Waals surface area contributed by atoms with Gasteiger partial charge in [0.15, 0.2) is 5.96 Å². The van der Waals surface area contributed by atoms with Crippen molar-refractivity contribution in [2.75, 3.05) is 4.90 Å². The van der Waals surface area contributed by atoms with Crippen molar-refractivity contribution in [3.05, 3.63) is 29.3 Å². The third kappa shape index (κ3) is 5.85. The molecule has 1 aromatic rings. The predicted molar refractivity (Wildman–Crippen MR) is 108 cm³/mol. The van der Waals surface area contributed by atoms with E-state index in [1.54, 1.807) is 4.90 Å². The lowest BCUT2D eigenvalue weighted by molar-refractivity contribution is 0.0577. The first-order valence-corrected chi connectivity index (χ1v) is 7.84. The molecule has 0 spiro atoms. The van der Waals surface area contributed by atoms with E-state index in [0.717, 1.165) is 29.7 Å². The molecule has 134 valence electrons. The van der Waals surface area contributed by atoms with Crippen molar-refractivity contribution in [2.24, 2.45) is 16.5 Å². The van der Waals surface area contributed by atoms with E-state index >= 15 is 0 Å². The number of halogens is 1. The highest BCUT2D eigenvalue weighted by Gasteiger charge is 2.37. The normalized spacial score (nSPS) is 13.7. The third-order valence-electron chi connectivity index (χ3n) is 3.47. The van der Waals surface area contributed by atoms with E-state index in [1.807, 2.05) is 45.9 Å². The number of anilines is 1. The Kier molecular flexibility index (Phi) is 6.88. The first-order chi connectivity index (χ1) is 10.7. The number of guanidine groups is 1. The van der Waals surface area contributed by atoms with Gasteiger partial charge >= 0.3 is 6.09 Å². The minimum atomic E-state index is -0.508. The van der Waals surface area contributed by atoms with E-state index in [4.69, 9.17) is 16.2 Å². The van der Waals surface area contributed by atoms with Crippen molar-refractivity contribution in [1.29, 1.82) is 0 Å². The monoisotopic (exact) mass is 446 g/mol. The van der Waals surface area contributed by atoms with E-state index in [0.29, 0.717) is 6.54 Å². The highest BCUT2D eigenvalue weighted by atomic mass is 127.